The second-order valence-corrected chi connectivity index (χ2v) is 7.72. The molecule has 9 nitrogen and oxygen atoms in total. The molecular weight excluding hydrogens is 408 g/mol. The Bertz CT molecular complexity index is 1340. The van der Waals surface area contributed by atoms with Gasteiger partial charge in [0.1, 0.15) is 17.8 Å². The van der Waals surface area contributed by atoms with E-state index in [-0.39, 0.29) is 17.5 Å². The summed E-state index contributed by atoms with van der Waals surface area (Å²) in [4.78, 5) is 36.1. The molecule has 0 aliphatic carbocycles. The third kappa shape index (κ3) is 3.51. The van der Waals surface area contributed by atoms with Crippen LogP contribution in [0.2, 0.25) is 0 Å². The van der Waals surface area contributed by atoms with E-state index >= 15 is 0 Å². The highest BCUT2D eigenvalue weighted by atomic mass is 16.5. The van der Waals surface area contributed by atoms with Crippen molar-refractivity contribution in [2.75, 3.05) is 20.2 Å². The summed E-state index contributed by atoms with van der Waals surface area (Å²) in [5.41, 5.74) is 2.26. The van der Waals surface area contributed by atoms with Crippen LogP contribution in [0, 0.1) is 0 Å². The number of hydrogen-bond donors (Lipinski definition) is 1. The molecule has 1 aromatic carbocycles. The first-order valence-corrected chi connectivity index (χ1v) is 10.5. The monoisotopic (exact) mass is 430 g/mol. The maximum Gasteiger partial charge on any atom is 0.271 e. The van der Waals surface area contributed by atoms with Gasteiger partial charge in [-0.25, -0.2) is 9.97 Å². The van der Waals surface area contributed by atoms with Crippen molar-refractivity contribution < 1.29 is 9.53 Å². The highest BCUT2D eigenvalue weighted by molar-refractivity contribution is 5.93. The number of benzene rings is 1. The molecule has 1 fully saturated rings. The Balaban J connectivity index is 1.30. The lowest BCUT2D eigenvalue weighted by Crippen LogP contribution is -2.41. The summed E-state index contributed by atoms with van der Waals surface area (Å²) in [7, 11) is 1.61. The molecule has 1 aliphatic rings. The second kappa shape index (κ2) is 8.26. The highest BCUT2D eigenvalue weighted by Crippen LogP contribution is 2.29. The van der Waals surface area contributed by atoms with Crippen LogP contribution in [-0.2, 0) is 0 Å². The van der Waals surface area contributed by atoms with Crippen LogP contribution in [0.1, 0.15) is 29.4 Å². The fourth-order valence-corrected chi connectivity index (χ4v) is 4.18. The molecule has 1 saturated heterocycles. The summed E-state index contributed by atoms with van der Waals surface area (Å²) in [6.45, 7) is 1.09. The zero-order valence-corrected chi connectivity index (χ0v) is 17.6. The molecule has 162 valence electrons. The lowest BCUT2D eigenvalue weighted by molar-refractivity contribution is 0.0687. The molecule has 32 heavy (non-hydrogen) atoms. The van der Waals surface area contributed by atoms with Crippen molar-refractivity contribution in [3.05, 3.63) is 71.0 Å². The van der Waals surface area contributed by atoms with Gasteiger partial charge in [-0.3, -0.25) is 19.3 Å². The summed E-state index contributed by atoms with van der Waals surface area (Å²) in [5.74, 6) is 0.591. The van der Waals surface area contributed by atoms with E-state index in [9.17, 15) is 9.59 Å². The first-order chi connectivity index (χ1) is 15.7. The maximum absolute atomic E-state index is 13.0. The third-order valence-electron chi connectivity index (χ3n) is 5.89. The maximum atomic E-state index is 13.0. The normalized spacial score (nSPS) is 14.6. The quantitative estimate of drug-likeness (QED) is 0.534. The van der Waals surface area contributed by atoms with Crippen LogP contribution in [0.25, 0.3) is 22.3 Å². The molecule has 0 bridgehead atoms. The number of pyridine rings is 1. The molecule has 0 atom stereocenters. The molecule has 5 rings (SSSR count). The SMILES string of the molecule is COc1ccccc1-c1cc(C(=O)N2CCC(n3cnc4ncccc4c3=O)CC2)[nH]n1. The number of hydrogen-bond acceptors (Lipinski definition) is 6. The van der Waals surface area contributed by atoms with E-state index in [1.165, 1.54) is 0 Å². The number of rotatable bonds is 4. The van der Waals surface area contributed by atoms with Crippen LogP contribution in [0.4, 0.5) is 0 Å². The van der Waals surface area contributed by atoms with Gasteiger partial charge < -0.3 is 9.64 Å². The number of aromatic nitrogens is 5. The summed E-state index contributed by atoms with van der Waals surface area (Å²) >= 11 is 0. The number of nitrogens with zero attached hydrogens (tertiary/aromatic N) is 5. The van der Waals surface area contributed by atoms with E-state index in [2.05, 4.69) is 20.2 Å². The van der Waals surface area contributed by atoms with Gasteiger partial charge in [0.05, 0.1) is 18.2 Å². The Morgan fingerprint density at radius 2 is 1.94 bits per heavy atom. The number of nitrogens with one attached hydrogen (secondary N) is 1. The van der Waals surface area contributed by atoms with Crippen LogP contribution in [0.15, 0.2) is 59.8 Å². The minimum atomic E-state index is -0.106. The van der Waals surface area contributed by atoms with Crippen molar-refractivity contribution in [3.63, 3.8) is 0 Å². The number of fused-ring (bicyclic) bond motifs is 1. The molecule has 4 aromatic rings. The number of amides is 1. The van der Waals surface area contributed by atoms with E-state index in [0.717, 1.165) is 5.56 Å². The van der Waals surface area contributed by atoms with Crippen LogP contribution >= 0.6 is 0 Å². The number of carbonyl (C=O) groups excluding carboxylic acids is 1. The number of H-pyrrole nitrogens is 1. The molecule has 0 spiro atoms. The molecule has 0 unspecified atom stereocenters. The van der Waals surface area contributed by atoms with Crippen molar-refractivity contribution in [1.82, 2.24) is 29.6 Å². The molecule has 1 aliphatic heterocycles. The van der Waals surface area contributed by atoms with E-state index in [1.807, 2.05) is 24.3 Å². The fraction of sp³-hybridized carbons (Fsp3) is 0.261. The molecule has 0 radical (unpaired) electrons. The summed E-state index contributed by atoms with van der Waals surface area (Å²) in [5, 5.41) is 7.67. The molecule has 1 N–H and O–H groups in total. The van der Waals surface area contributed by atoms with Gasteiger partial charge in [-0.1, -0.05) is 12.1 Å². The van der Waals surface area contributed by atoms with Crippen molar-refractivity contribution in [2.45, 2.75) is 18.9 Å². The number of carbonyl (C=O) groups is 1. The van der Waals surface area contributed by atoms with Crippen LogP contribution in [0.3, 0.4) is 0 Å². The number of ether oxygens (including phenoxy) is 1. The van der Waals surface area contributed by atoms with E-state index in [4.69, 9.17) is 4.74 Å². The van der Waals surface area contributed by atoms with Gasteiger partial charge in [0.15, 0.2) is 5.65 Å². The number of likely N-dealkylation sites (tertiary alicyclic amines) is 1. The predicted molar refractivity (Wildman–Crippen MR) is 119 cm³/mol. The third-order valence-corrected chi connectivity index (χ3v) is 5.89. The molecule has 9 heteroatoms. The van der Waals surface area contributed by atoms with Crippen LogP contribution in [-0.4, -0.2) is 55.7 Å². The van der Waals surface area contributed by atoms with Crippen LogP contribution in [0.5, 0.6) is 5.75 Å². The predicted octanol–water partition coefficient (Wildman–Crippen LogP) is 2.67. The smallest absolute Gasteiger partial charge is 0.271 e. The van der Waals surface area contributed by atoms with Crippen molar-refractivity contribution in [1.29, 1.82) is 0 Å². The van der Waals surface area contributed by atoms with Gasteiger partial charge in [-0.15, -0.1) is 0 Å². The summed E-state index contributed by atoms with van der Waals surface area (Å²) in [6.07, 6.45) is 4.53. The van der Waals surface area contributed by atoms with Gasteiger partial charge in [-0.05, 0) is 43.2 Å². The Labute approximate surface area is 183 Å². The molecule has 3 aromatic heterocycles. The standard InChI is InChI=1S/C23H22N6O3/c1-32-20-7-3-2-5-16(20)18-13-19(27-26-18)23(31)28-11-8-15(9-12-28)29-14-25-21-17(22(29)30)6-4-10-24-21/h2-7,10,13-15H,8-9,11-12H2,1H3,(H,26,27). The lowest BCUT2D eigenvalue weighted by atomic mass is 10.0. The molecule has 0 saturated carbocycles. The summed E-state index contributed by atoms with van der Waals surface area (Å²) < 4.78 is 7.06. The first kappa shape index (κ1) is 19.9. The first-order valence-electron chi connectivity index (χ1n) is 10.5. The molecule has 4 heterocycles. The van der Waals surface area contributed by atoms with Crippen LogP contribution < -0.4 is 10.3 Å². The average Bonchev–Trinajstić information content (AvgIpc) is 3.34. The van der Waals surface area contributed by atoms with Gasteiger partial charge >= 0.3 is 0 Å². The second-order valence-electron chi connectivity index (χ2n) is 7.72. The van der Waals surface area contributed by atoms with Crippen molar-refractivity contribution in [3.8, 4) is 17.0 Å². The van der Waals surface area contributed by atoms with Crippen molar-refractivity contribution in [2.24, 2.45) is 0 Å². The Morgan fingerprint density at radius 1 is 1.12 bits per heavy atom. The molecule has 1 amide bonds. The lowest BCUT2D eigenvalue weighted by Gasteiger charge is -2.32. The number of aromatic amines is 1. The van der Waals surface area contributed by atoms with Gasteiger partial charge in [0.2, 0.25) is 0 Å². The Morgan fingerprint density at radius 3 is 2.75 bits per heavy atom. The van der Waals surface area contributed by atoms with E-state index in [0.29, 0.717) is 54.1 Å². The minimum absolute atomic E-state index is 0.00503. The molecular formula is C23H22N6O3. The van der Waals surface area contributed by atoms with E-state index in [1.54, 1.807) is 47.3 Å². The Hall–Kier alpha value is -4.01. The van der Waals surface area contributed by atoms with E-state index < -0.39 is 0 Å². The van der Waals surface area contributed by atoms with Gasteiger partial charge in [0, 0.05) is 30.9 Å². The number of para-hydroxylation sites is 1. The zero-order chi connectivity index (χ0) is 22.1. The average molecular weight is 430 g/mol. The largest absolute Gasteiger partial charge is 0.496 e. The van der Waals surface area contributed by atoms with Gasteiger partial charge in [-0.2, -0.15) is 5.10 Å². The zero-order valence-electron chi connectivity index (χ0n) is 17.6. The number of methoxy groups -OCH3 is 1. The fourth-order valence-electron chi connectivity index (χ4n) is 4.18. The minimum Gasteiger partial charge on any atom is -0.496 e. The summed E-state index contributed by atoms with van der Waals surface area (Å²) in [6, 6.07) is 12.8. The topological polar surface area (TPSA) is 106 Å². The van der Waals surface area contributed by atoms with Crippen molar-refractivity contribution >= 4 is 16.9 Å². The Kier molecular flexibility index (Phi) is 5.14. The number of piperidine rings is 1. The highest BCUT2D eigenvalue weighted by Gasteiger charge is 2.27. The van der Waals surface area contributed by atoms with Gasteiger partial charge in [0.25, 0.3) is 11.5 Å².